The topological polar surface area (TPSA) is 3.24 Å². The van der Waals surface area contributed by atoms with E-state index in [4.69, 9.17) is 0 Å². The van der Waals surface area contributed by atoms with Crippen LogP contribution in [0.4, 0.5) is 0 Å². The Bertz CT molecular complexity index is 196. The second-order valence-corrected chi connectivity index (χ2v) is 6.57. The smallest absolute Gasteiger partial charge is 0.000966 e. The maximum absolute atomic E-state index is 2.75. The van der Waals surface area contributed by atoms with Crippen molar-refractivity contribution in [3.05, 3.63) is 0 Å². The van der Waals surface area contributed by atoms with Gasteiger partial charge < -0.3 is 4.90 Å². The van der Waals surface area contributed by atoms with Crippen molar-refractivity contribution >= 4 is 12.4 Å². The Labute approximate surface area is 134 Å². The summed E-state index contributed by atoms with van der Waals surface area (Å²) in [6.07, 6.45) is 17.3. The predicted octanol–water partition coefficient (Wildman–Crippen LogP) is 6.06. The highest BCUT2D eigenvalue weighted by molar-refractivity contribution is 5.85. The molecule has 1 atom stereocenters. The third-order valence-electron chi connectivity index (χ3n) is 4.65. The summed E-state index contributed by atoms with van der Waals surface area (Å²) >= 11 is 0. The van der Waals surface area contributed by atoms with Crippen LogP contribution in [-0.4, -0.2) is 24.5 Å². The number of halogens is 1. The van der Waals surface area contributed by atoms with Gasteiger partial charge in [0.2, 0.25) is 0 Å². The molecule has 0 N–H and O–H groups in total. The van der Waals surface area contributed by atoms with E-state index in [0.29, 0.717) is 0 Å². The Morgan fingerprint density at radius 2 is 1.50 bits per heavy atom. The number of piperidine rings is 1. The zero-order valence-electron chi connectivity index (χ0n) is 14.0. The molecule has 1 aliphatic rings. The minimum Gasteiger partial charge on any atom is -0.303 e. The molecule has 1 unspecified atom stereocenters. The first kappa shape index (κ1) is 20.2. The standard InChI is InChI=1S/C18H37N.ClH/c1-3-5-7-8-9-10-11-15-19-16-12-14-18(17-19)13-6-4-2;/h18H,3-17H2,1-2H3;1H. The summed E-state index contributed by atoms with van der Waals surface area (Å²) in [4.78, 5) is 2.75. The Balaban J connectivity index is 0.00000361. The van der Waals surface area contributed by atoms with Crippen LogP contribution in [0.25, 0.3) is 0 Å². The summed E-state index contributed by atoms with van der Waals surface area (Å²) in [6.45, 7) is 8.76. The Kier molecular flexibility index (Phi) is 14.4. The van der Waals surface area contributed by atoms with Gasteiger partial charge in [0, 0.05) is 6.54 Å². The Hall–Kier alpha value is 0.250. The van der Waals surface area contributed by atoms with E-state index < -0.39 is 0 Å². The van der Waals surface area contributed by atoms with Crippen LogP contribution in [0.2, 0.25) is 0 Å². The van der Waals surface area contributed by atoms with E-state index in [1.165, 1.54) is 96.7 Å². The molecule has 0 aliphatic carbocycles. The second-order valence-electron chi connectivity index (χ2n) is 6.57. The van der Waals surface area contributed by atoms with E-state index in [9.17, 15) is 0 Å². The summed E-state index contributed by atoms with van der Waals surface area (Å²) in [5.41, 5.74) is 0. The van der Waals surface area contributed by atoms with Gasteiger partial charge in [0.15, 0.2) is 0 Å². The molecule has 20 heavy (non-hydrogen) atoms. The van der Waals surface area contributed by atoms with E-state index in [0.717, 1.165) is 5.92 Å². The molecule has 1 rings (SSSR count). The summed E-state index contributed by atoms with van der Waals surface area (Å²) in [7, 11) is 0. The first-order valence-corrected chi connectivity index (χ1v) is 9.09. The molecule has 1 nitrogen and oxygen atoms in total. The van der Waals surface area contributed by atoms with Crippen molar-refractivity contribution < 1.29 is 0 Å². The predicted molar refractivity (Wildman–Crippen MR) is 93.9 cm³/mol. The fraction of sp³-hybridized carbons (Fsp3) is 1.00. The third-order valence-corrected chi connectivity index (χ3v) is 4.65. The number of likely N-dealkylation sites (tertiary alicyclic amines) is 1. The molecule has 0 aromatic heterocycles. The zero-order valence-corrected chi connectivity index (χ0v) is 14.9. The monoisotopic (exact) mass is 303 g/mol. The normalized spacial score (nSPS) is 19.8. The molecule has 1 saturated heterocycles. The van der Waals surface area contributed by atoms with Gasteiger partial charge in [-0.05, 0) is 44.7 Å². The van der Waals surface area contributed by atoms with Crippen molar-refractivity contribution in [2.24, 2.45) is 5.92 Å². The van der Waals surface area contributed by atoms with Crippen LogP contribution in [-0.2, 0) is 0 Å². The molecule has 2 heteroatoms. The van der Waals surface area contributed by atoms with Gasteiger partial charge in [-0.1, -0.05) is 65.2 Å². The molecule has 122 valence electrons. The van der Waals surface area contributed by atoms with Crippen LogP contribution >= 0.6 is 12.4 Å². The summed E-state index contributed by atoms with van der Waals surface area (Å²) in [5, 5.41) is 0. The first-order valence-electron chi connectivity index (χ1n) is 9.09. The Morgan fingerprint density at radius 1 is 0.850 bits per heavy atom. The van der Waals surface area contributed by atoms with Gasteiger partial charge in [0.25, 0.3) is 0 Å². The van der Waals surface area contributed by atoms with Gasteiger partial charge in [-0.15, -0.1) is 12.4 Å². The highest BCUT2D eigenvalue weighted by Crippen LogP contribution is 2.22. The summed E-state index contributed by atoms with van der Waals surface area (Å²) in [5.74, 6) is 1.01. The number of rotatable bonds is 11. The Morgan fingerprint density at radius 3 is 2.20 bits per heavy atom. The maximum Gasteiger partial charge on any atom is 0.000966 e. The lowest BCUT2D eigenvalue weighted by atomic mass is 9.92. The van der Waals surface area contributed by atoms with E-state index in [2.05, 4.69) is 18.7 Å². The highest BCUT2D eigenvalue weighted by Gasteiger charge is 2.18. The van der Waals surface area contributed by atoms with Crippen molar-refractivity contribution in [3.63, 3.8) is 0 Å². The molecule has 0 aromatic rings. The van der Waals surface area contributed by atoms with Gasteiger partial charge in [-0.2, -0.15) is 0 Å². The third kappa shape index (κ3) is 10.0. The molecule has 0 saturated carbocycles. The van der Waals surface area contributed by atoms with Gasteiger partial charge in [-0.3, -0.25) is 0 Å². The van der Waals surface area contributed by atoms with Crippen LogP contribution in [0.3, 0.4) is 0 Å². The summed E-state index contributed by atoms with van der Waals surface area (Å²) in [6, 6.07) is 0. The van der Waals surface area contributed by atoms with Crippen LogP contribution in [0.1, 0.15) is 90.9 Å². The minimum atomic E-state index is 0. The fourth-order valence-electron chi connectivity index (χ4n) is 3.38. The van der Waals surface area contributed by atoms with Crippen molar-refractivity contribution in [2.75, 3.05) is 19.6 Å². The highest BCUT2D eigenvalue weighted by atomic mass is 35.5. The average molecular weight is 304 g/mol. The molecule has 0 radical (unpaired) electrons. The lowest BCUT2D eigenvalue weighted by Gasteiger charge is -2.32. The lowest BCUT2D eigenvalue weighted by molar-refractivity contribution is 0.164. The SMILES string of the molecule is CCCCCCCCCN1CCCC(CCCC)C1.Cl. The molecular formula is C18H38ClN. The number of hydrogen-bond acceptors (Lipinski definition) is 1. The van der Waals surface area contributed by atoms with Gasteiger partial charge in [0.1, 0.15) is 0 Å². The molecule has 0 aromatic carbocycles. The van der Waals surface area contributed by atoms with Crippen molar-refractivity contribution in [1.29, 1.82) is 0 Å². The van der Waals surface area contributed by atoms with E-state index in [1.807, 2.05) is 0 Å². The summed E-state index contributed by atoms with van der Waals surface area (Å²) < 4.78 is 0. The molecular weight excluding hydrogens is 266 g/mol. The van der Waals surface area contributed by atoms with Crippen molar-refractivity contribution in [1.82, 2.24) is 4.90 Å². The molecule has 0 bridgehead atoms. The lowest BCUT2D eigenvalue weighted by Crippen LogP contribution is -2.36. The van der Waals surface area contributed by atoms with Gasteiger partial charge in [0.05, 0.1) is 0 Å². The maximum atomic E-state index is 2.75. The van der Waals surface area contributed by atoms with Crippen molar-refractivity contribution in [2.45, 2.75) is 90.9 Å². The first-order chi connectivity index (χ1) is 9.36. The second kappa shape index (κ2) is 14.2. The quantitative estimate of drug-likeness (QED) is 0.419. The van der Waals surface area contributed by atoms with Gasteiger partial charge >= 0.3 is 0 Å². The van der Waals surface area contributed by atoms with Gasteiger partial charge in [-0.25, -0.2) is 0 Å². The molecule has 1 aliphatic heterocycles. The average Bonchev–Trinajstić information content (AvgIpc) is 2.44. The van der Waals surface area contributed by atoms with Crippen LogP contribution < -0.4 is 0 Å². The molecule has 1 fully saturated rings. The van der Waals surface area contributed by atoms with E-state index in [-0.39, 0.29) is 12.4 Å². The van der Waals surface area contributed by atoms with Crippen LogP contribution in [0.5, 0.6) is 0 Å². The number of hydrogen-bond donors (Lipinski definition) is 0. The molecule has 0 spiro atoms. The fourth-order valence-corrected chi connectivity index (χ4v) is 3.38. The van der Waals surface area contributed by atoms with E-state index in [1.54, 1.807) is 0 Å². The zero-order chi connectivity index (χ0) is 13.8. The van der Waals surface area contributed by atoms with E-state index >= 15 is 0 Å². The van der Waals surface area contributed by atoms with Crippen LogP contribution in [0.15, 0.2) is 0 Å². The minimum absolute atomic E-state index is 0. The molecule has 1 heterocycles. The van der Waals surface area contributed by atoms with Crippen LogP contribution in [0, 0.1) is 5.92 Å². The van der Waals surface area contributed by atoms with Crippen molar-refractivity contribution in [3.8, 4) is 0 Å². The molecule has 0 amide bonds. The largest absolute Gasteiger partial charge is 0.303 e. The number of nitrogens with zero attached hydrogens (tertiary/aromatic N) is 1. The number of unbranched alkanes of at least 4 members (excludes halogenated alkanes) is 7.